The number of methoxy groups -OCH3 is 1. The SMILES string of the molecule is COc1cc([C@H]2CC(=O)NC(SCC(=O)Nc3ccccc3)=C2C#N)ccc1OCc1ccccc1. The third-order valence-corrected chi connectivity index (χ3v) is 6.61. The number of thioether (sulfide) groups is 1. The Morgan fingerprint density at radius 1 is 1.08 bits per heavy atom. The Kier molecular flexibility index (Phi) is 8.27. The first-order valence-electron chi connectivity index (χ1n) is 11.3. The lowest BCUT2D eigenvalue weighted by Crippen LogP contribution is -2.31. The maximum atomic E-state index is 12.5. The Morgan fingerprint density at radius 2 is 1.81 bits per heavy atom. The zero-order valence-electron chi connectivity index (χ0n) is 19.7. The second-order valence-electron chi connectivity index (χ2n) is 8.05. The molecule has 0 unspecified atom stereocenters. The van der Waals surface area contributed by atoms with Crippen LogP contribution in [0.1, 0.15) is 23.5 Å². The molecule has 0 aromatic heterocycles. The van der Waals surface area contributed by atoms with Crippen LogP contribution in [0, 0.1) is 11.3 Å². The zero-order chi connectivity index (χ0) is 25.3. The van der Waals surface area contributed by atoms with Gasteiger partial charge in [-0.2, -0.15) is 5.26 Å². The number of para-hydroxylation sites is 1. The number of nitriles is 1. The van der Waals surface area contributed by atoms with Crippen molar-refractivity contribution in [2.24, 2.45) is 0 Å². The number of nitrogens with one attached hydrogen (secondary N) is 2. The summed E-state index contributed by atoms with van der Waals surface area (Å²) in [7, 11) is 1.55. The van der Waals surface area contributed by atoms with Crippen LogP contribution in [0.4, 0.5) is 5.69 Å². The van der Waals surface area contributed by atoms with Crippen molar-refractivity contribution in [3.63, 3.8) is 0 Å². The monoisotopic (exact) mass is 499 g/mol. The van der Waals surface area contributed by atoms with E-state index in [2.05, 4.69) is 16.7 Å². The molecule has 8 heteroatoms. The predicted octanol–water partition coefficient (Wildman–Crippen LogP) is 4.98. The Bertz CT molecular complexity index is 1300. The number of ether oxygens (including phenoxy) is 2. The molecule has 1 heterocycles. The summed E-state index contributed by atoms with van der Waals surface area (Å²) in [5, 5.41) is 15.9. The number of hydrogen-bond acceptors (Lipinski definition) is 6. The standard InChI is InChI=1S/C28H25N3O4S/c1-34-25-14-20(12-13-24(25)35-17-19-8-4-2-5-9-19)22-15-26(32)31-28(23(22)16-29)36-18-27(33)30-21-10-6-3-7-11-21/h2-14,22H,15,17-18H2,1H3,(H,30,33)(H,31,32)/t22-/m1/s1. The van der Waals surface area contributed by atoms with Gasteiger partial charge in [-0.05, 0) is 35.4 Å². The van der Waals surface area contributed by atoms with Crippen LogP contribution in [-0.2, 0) is 16.2 Å². The van der Waals surface area contributed by atoms with Gasteiger partial charge in [0.2, 0.25) is 11.8 Å². The molecule has 0 spiro atoms. The zero-order valence-corrected chi connectivity index (χ0v) is 20.5. The fourth-order valence-electron chi connectivity index (χ4n) is 3.83. The van der Waals surface area contributed by atoms with E-state index in [0.717, 1.165) is 22.9 Å². The van der Waals surface area contributed by atoms with Gasteiger partial charge in [-0.1, -0.05) is 66.4 Å². The molecule has 2 amide bonds. The van der Waals surface area contributed by atoms with Crippen molar-refractivity contribution < 1.29 is 19.1 Å². The number of hydrogen-bond donors (Lipinski definition) is 2. The first-order chi connectivity index (χ1) is 17.6. The van der Waals surface area contributed by atoms with Crippen LogP contribution in [0.3, 0.4) is 0 Å². The number of carbonyl (C=O) groups excluding carboxylic acids is 2. The first kappa shape index (κ1) is 24.9. The molecule has 1 atom stereocenters. The van der Waals surface area contributed by atoms with Crippen LogP contribution < -0.4 is 20.1 Å². The lowest BCUT2D eigenvalue weighted by atomic mass is 9.87. The third kappa shape index (κ3) is 6.26. The van der Waals surface area contributed by atoms with E-state index in [-0.39, 0.29) is 24.0 Å². The first-order valence-corrected chi connectivity index (χ1v) is 12.3. The highest BCUT2D eigenvalue weighted by molar-refractivity contribution is 8.03. The van der Waals surface area contributed by atoms with Crippen LogP contribution in [0.15, 0.2) is 89.5 Å². The fourth-order valence-corrected chi connectivity index (χ4v) is 4.71. The van der Waals surface area contributed by atoms with Gasteiger partial charge in [0, 0.05) is 18.0 Å². The highest BCUT2D eigenvalue weighted by atomic mass is 32.2. The molecule has 2 N–H and O–H groups in total. The van der Waals surface area contributed by atoms with Crippen molar-refractivity contribution in [1.29, 1.82) is 5.26 Å². The second-order valence-corrected chi connectivity index (χ2v) is 9.03. The molecule has 4 rings (SSSR count). The van der Waals surface area contributed by atoms with Crippen LogP contribution in [0.2, 0.25) is 0 Å². The minimum atomic E-state index is -0.458. The van der Waals surface area contributed by atoms with E-state index in [1.54, 1.807) is 31.4 Å². The molecule has 7 nitrogen and oxygen atoms in total. The molecule has 1 aliphatic rings. The average Bonchev–Trinajstić information content (AvgIpc) is 2.91. The van der Waals surface area contributed by atoms with Gasteiger partial charge in [-0.25, -0.2) is 0 Å². The third-order valence-electron chi connectivity index (χ3n) is 5.59. The average molecular weight is 500 g/mol. The summed E-state index contributed by atoms with van der Waals surface area (Å²) in [6, 6.07) is 26.6. The van der Waals surface area contributed by atoms with Crippen molar-refractivity contribution in [2.75, 3.05) is 18.2 Å². The van der Waals surface area contributed by atoms with Crippen LogP contribution >= 0.6 is 11.8 Å². The van der Waals surface area contributed by atoms with E-state index >= 15 is 0 Å². The van der Waals surface area contributed by atoms with E-state index in [9.17, 15) is 14.9 Å². The van der Waals surface area contributed by atoms with Gasteiger partial charge in [-0.3, -0.25) is 9.59 Å². The molecule has 0 saturated carbocycles. The molecule has 0 fully saturated rings. The van der Waals surface area contributed by atoms with Crippen molar-refractivity contribution in [3.05, 3.63) is 101 Å². The minimum absolute atomic E-state index is 0.0536. The highest BCUT2D eigenvalue weighted by Crippen LogP contribution is 2.39. The number of benzene rings is 3. The highest BCUT2D eigenvalue weighted by Gasteiger charge is 2.30. The molecule has 1 aliphatic heterocycles. The van der Waals surface area contributed by atoms with E-state index in [0.29, 0.717) is 34.4 Å². The van der Waals surface area contributed by atoms with Crippen molar-refractivity contribution in [2.45, 2.75) is 18.9 Å². The van der Waals surface area contributed by atoms with Crippen LogP contribution in [0.25, 0.3) is 0 Å². The number of carbonyl (C=O) groups is 2. The summed E-state index contributed by atoms with van der Waals surface area (Å²) in [5.41, 5.74) is 2.88. The van der Waals surface area contributed by atoms with Crippen molar-refractivity contribution >= 4 is 29.3 Å². The summed E-state index contributed by atoms with van der Waals surface area (Å²) in [6.07, 6.45) is 0.122. The van der Waals surface area contributed by atoms with Crippen LogP contribution in [0.5, 0.6) is 11.5 Å². The van der Waals surface area contributed by atoms with E-state index in [4.69, 9.17) is 9.47 Å². The molecular formula is C28H25N3O4S. The Balaban J connectivity index is 1.50. The van der Waals surface area contributed by atoms with Gasteiger partial charge < -0.3 is 20.1 Å². The Hall–Kier alpha value is -4.22. The molecule has 0 aliphatic carbocycles. The fraction of sp³-hybridized carbons (Fsp3) is 0.179. The molecule has 3 aromatic carbocycles. The quantitative estimate of drug-likeness (QED) is 0.431. The molecule has 3 aromatic rings. The molecule has 0 bridgehead atoms. The largest absolute Gasteiger partial charge is 0.493 e. The molecule has 36 heavy (non-hydrogen) atoms. The van der Waals surface area contributed by atoms with Gasteiger partial charge in [-0.15, -0.1) is 0 Å². The number of amides is 2. The topological polar surface area (TPSA) is 100 Å². The Labute approximate surface area is 214 Å². The van der Waals surface area contributed by atoms with Gasteiger partial charge in [0.15, 0.2) is 11.5 Å². The lowest BCUT2D eigenvalue weighted by molar-refractivity contribution is -0.121. The second kappa shape index (κ2) is 12.0. The minimum Gasteiger partial charge on any atom is -0.493 e. The number of anilines is 1. The van der Waals surface area contributed by atoms with Gasteiger partial charge in [0.1, 0.15) is 6.61 Å². The summed E-state index contributed by atoms with van der Waals surface area (Å²) >= 11 is 1.14. The van der Waals surface area contributed by atoms with Crippen molar-refractivity contribution in [1.82, 2.24) is 5.32 Å². The number of nitrogens with zero attached hydrogens (tertiary/aromatic N) is 1. The van der Waals surface area contributed by atoms with Gasteiger partial charge in [0.05, 0.1) is 29.5 Å². The molecule has 0 saturated heterocycles. The van der Waals surface area contributed by atoms with Crippen LogP contribution in [-0.4, -0.2) is 24.7 Å². The van der Waals surface area contributed by atoms with Gasteiger partial charge >= 0.3 is 0 Å². The summed E-state index contributed by atoms with van der Waals surface area (Å²) < 4.78 is 11.5. The summed E-state index contributed by atoms with van der Waals surface area (Å²) in [6.45, 7) is 0.386. The maximum Gasteiger partial charge on any atom is 0.234 e. The molecular weight excluding hydrogens is 474 g/mol. The number of rotatable bonds is 9. The van der Waals surface area contributed by atoms with Crippen molar-refractivity contribution in [3.8, 4) is 17.6 Å². The molecule has 0 radical (unpaired) electrons. The van der Waals surface area contributed by atoms with E-state index in [1.807, 2.05) is 54.6 Å². The number of allylic oxidation sites excluding steroid dienone is 1. The summed E-state index contributed by atoms with van der Waals surface area (Å²) in [4.78, 5) is 24.9. The van der Waals surface area contributed by atoms with E-state index < -0.39 is 5.92 Å². The lowest BCUT2D eigenvalue weighted by Gasteiger charge is -2.25. The van der Waals surface area contributed by atoms with E-state index in [1.165, 1.54) is 0 Å². The van der Waals surface area contributed by atoms with Gasteiger partial charge in [0.25, 0.3) is 0 Å². The maximum absolute atomic E-state index is 12.5. The Morgan fingerprint density at radius 3 is 2.50 bits per heavy atom. The smallest absolute Gasteiger partial charge is 0.234 e. The predicted molar refractivity (Wildman–Crippen MR) is 139 cm³/mol. The normalized spacial score (nSPS) is 15.0. The summed E-state index contributed by atoms with van der Waals surface area (Å²) in [5.74, 6) is 0.240. The molecule has 182 valence electrons.